The number of hydrogen-bond acceptors (Lipinski definition) is 1. The molecule has 1 heteroatoms. The van der Waals surface area contributed by atoms with Crippen molar-refractivity contribution in [1.29, 1.82) is 0 Å². The average molecular weight is 134 g/mol. The molecule has 0 unspecified atom stereocenters. The van der Waals surface area contributed by atoms with E-state index in [1.807, 2.05) is 38.1 Å². The van der Waals surface area contributed by atoms with Gasteiger partial charge in [0.15, 0.2) is 5.43 Å². The van der Waals surface area contributed by atoms with Crippen molar-refractivity contribution in [1.82, 2.24) is 0 Å². The molecule has 0 radical (unpaired) electrons. The van der Waals surface area contributed by atoms with Gasteiger partial charge in [-0.15, -0.1) is 0 Å². The second-order valence-corrected chi connectivity index (χ2v) is 2.41. The highest BCUT2D eigenvalue weighted by atomic mass is 16.1. The second-order valence-electron chi connectivity index (χ2n) is 2.41. The van der Waals surface area contributed by atoms with E-state index in [9.17, 15) is 4.79 Å². The van der Waals surface area contributed by atoms with Crippen LogP contribution in [0.4, 0.5) is 0 Å². The molecule has 10 heavy (non-hydrogen) atoms. The summed E-state index contributed by atoms with van der Waals surface area (Å²) in [6, 6.07) is 7.41. The molecule has 0 amide bonds. The molecule has 0 bridgehead atoms. The van der Waals surface area contributed by atoms with Gasteiger partial charge in [0.25, 0.3) is 0 Å². The van der Waals surface area contributed by atoms with Gasteiger partial charge >= 0.3 is 0 Å². The summed E-state index contributed by atoms with van der Waals surface area (Å²) in [7, 11) is 0. The Labute approximate surface area is 60.3 Å². The molecule has 52 valence electrons. The molecule has 1 aromatic rings. The molecule has 0 aromatic heterocycles. The van der Waals surface area contributed by atoms with E-state index in [1.165, 1.54) is 0 Å². The zero-order valence-corrected chi connectivity index (χ0v) is 6.22. The Morgan fingerprint density at radius 2 is 1.40 bits per heavy atom. The van der Waals surface area contributed by atoms with Crippen LogP contribution in [0.3, 0.4) is 0 Å². The highest BCUT2D eigenvalue weighted by Gasteiger charge is 1.90. The van der Waals surface area contributed by atoms with Crippen LogP contribution >= 0.6 is 0 Å². The Bertz CT molecular complexity index is 261. The second kappa shape index (κ2) is 2.65. The van der Waals surface area contributed by atoms with E-state index in [0.29, 0.717) is 0 Å². The van der Waals surface area contributed by atoms with Gasteiger partial charge < -0.3 is 0 Å². The monoisotopic (exact) mass is 134 g/mol. The summed E-state index contributed by atoms with van der Waals surface area (Å²) in [6.07, 6.45) is 0. The molecule has 0 saturated carbocycles. The van der Waals surface area contributed by atoms with Gasteiger partial charge in [-0.05, 0) is 25.0 Å². The summed E-state index contributed by atoms with van der Waals surface area (Å²) < 4.78 is 0. The first-order valence-corrected chi connectivity index (χ1v) is 3.28. The Kier molecular flexibility index (Phi) is 1.86. The molecule has 0 aliphatic heterocycles. The SMILES string of the molecule is Cc1ccccc(C)c1=O. The van der Waals surface area contributed by atoms with Crippen molar-refractivity contribution in [3.63, 3.8) is 0 Å². The first-order valence-electron chi connectivity index (χ1n) is 3.28. The standard InChI is InChI=1S/C9H10O/c1-7-5-3-4-6-8(2)9(7)10/h3-6H,1-2H3. The number of aryl methyl sites for hydroxylation is 2. The fourth-order valence-electron chi connectivity index (χ4n) is 0.862. The summed E-state index contributed by atoms with van der Waals surface area (Å²) in [5.74, 6) is 0. The molecule has 1 aromatic carbocycles. The smallest absolute Gasteiger partial charge is 0.184 e. The molecule has 0 aliphatic rings. The van der Waals surface area contributed by atoms with Gasteiger partial charge in [0, 0.05) is 0 Å². The van der Waals surface area contributed by atoms with Crippen LogP contribution < -0.4 is 5.43 Å². The van der Waals surface area contributed by atoms with Crippen molar-refractivity contribution in [2.45, 2.75) is 13.8 Å². The van der Waals surface area contributed by atoms with E-state index in [0.717, 1.165) is 11.1 Å². The summed E-state index contributed by atoms with van der Waals surface area (Å²) >= 11 is 0. The Morgan fingerprint density at radius 3 is 1.80 bits per heavy atom. The quantitative estimate of drug-likeness (QED) is 0.527. The molecule has 1 rings (SSSR count). The van der Waals surface area contributed by atoms with Gasteiger partial charge in [0.1, 0.15) is 0 Å². The van der Waals surface area contributed by atoms with Crippen molar-refractivity contribution in [2.24, 2.45) is 0 Å². The molecule has 0 aliphatic carbocycles. The maximum atomic E-state index is 11.2. The van der Waals surface area contributed by atoms with E-state index in [-0.39, 0.29) is 5.43 Å². The summed E-state index contributed by atoms with van der Waals surface area (Å²) in [5.41, 5.74) is 1.76. The molecular weight excluding hydrogens is 124 g/mol. The van der Waals surface area contributed by atoms with E-state index in [4.69, 9.17) is 0 Å². The molecule has 0 N–H and O–H groups in total. The van der Waals surface area contributed by atoms with Gasteiger partial charge in [-0.3, -0.25) is 4.79 Å². The largest absolute Gasteiger partial charge is 0.289 e. The maximum Gasteiger partial charge on any atom is 0.184 e. The van der Waals surface area contributed by atoms with Crippen LogP contribution in [-0.4, -0.2) is 0 Å². The van der Waals surface area contributed by atoms with Crippen molar-refractivity contribution in [3.8, 4) is 0 Å². The van der Waals surface area contributed by atoms with Gasteiger partial charge in [-0.2, -0.15) is 0 Å². The first-order chi connectivity index (χ1) is 4.72. The minimum absolute atomic E-state index is 0.144. The molecule has 1 nitrogen and oxygen atoms in total. The third-order valence-corrected chi connectivity index (χ3v) is 1.52. The molecule has 0 spiro atoms. The van der Waals surface area contributed by atoms with Crippen LogP contribution in [0.1, 0.15) is 11.1 Å². The third kappa shape index (κ3) is 1.24. The maximum absolute atomic E-state index is 11.2. The van der Waals surface area contributed by atoms with Crippen LogP contribution in [0, 0.1) is 13.8 Å². The zero-order valence-electron chi connectivity index (χ0n) is 6.22. The predicted molar refractivity (Wildman–Crippen MR) is 42.2 cm³/mol. The van der Waals surface area contributed by atoms with Gasteiger partial charge in [-0.25, -0.2) is 0 Å². The Hall–Kier alpha value is -1.11. The lowest BCUT2D eigenvalue weighted by atomic mass is 10.2. The lowest BCUT2D eigenvalue weighted by Crippen LogP contribution is -2.03. The lowest BCUT2D eigenvalue weighted by Gasteiger charge is -1.81. The van der Waals surface area contributed by atoms with E-state index < -0.39 is 0 Å². The zero-order chi connectivity index (χ0) is 7.56. The van der Waals surface area contributed by atoms with Gasteiger partial charge in [0.2, 0.25) is 0 Å². The van der Waals surface area contributed by atoms with Gasteiger partial charge in [-0.1, -0.05) is 24.3 Å². The molecular formula is C9H10O. The minimum atomic E-state index is 0.144. The fraction of sp³-hybridized carbons (Fsp3) is 0.222. The topological polar surface area (TPSA) is 17.1 Å². The number of hydrogen-bond donors (Lipinski definition) is 0. The fourth-order valence-corrected chi connectivity index (χ4v) is 0.862. The van der Waals surface area contributed by atoms with E-state index in [1.54, 1.807) is 0 Å². The number of rotatable bonds is 0. The minimum Gasteiger partial charge on any atom is -0.289 e. The van der Waals surface area contributed by atoms with Crippen molar-refractivity contribution < 1.29 is 0 Å². The molecule has 0 fully saturated rings. The van der Waals surface area contributed by atoms with Crippen LogP contribution in [0.15, 0.2) is 29.1 Å². The van der Waals surface area contributed by atoms with Crippen LogP contribution in [0.25, 0.3) is 0 Å². The molecule has 0 saturated heterocycles. The average Bonchev–Trinajstić information content (AvgIpc) is 2.04. The summed E-state index contributed by atoms with van der Waals surface area (Å²) in [6.45, 7) is 3.66. The predicted octanol–water partition coefficient (Wildman–Crippen LogP) is 1.66. The summed E-state index contributed by atoms with van der Waals surface area (Å²) in [4.78, 5) is 11.2. The van der Waals surface area contributed by atoms with Gasteiger partial charge in [0.05, 0.1) is 0 Å². The molecule has 0 heterocycles. The first kappa shape index (κ1) is 7.00. The van der Waals surface area contributed by atoms with Crippen LogP contribution in [0.5, 0.6) is 0 Å². The van der Waals surface area contributed by atoms with Crippen molar-refractivity contribution >= 4 is 0 Å². The van der Waals surface area contributed by atoms with Crippen molar-refractivity contribution in [3.05, 3.63) is 45.6 Å². The molecule has 0 atom stereocenters. The van der Waals surface area contributed by atoms with E-state index >= 15 is 0 Å². The van der Waals surface area contributed by atoms with Crippen LogP contribution in [0.2, 0.25) is 0 Å². The normalized spacial score (nSPS) is 9.40. The Balaban J connectivity index is 3.53. The highest BCUT2D eigenvalue weighted by molar-refractivity contribution is 5.19. The highest BCUT2D eigenvalue weighted by Crippen LogP contribution is 1.90. The third-order valence-electron chi connectivity index (χ3n) is 1.52. The van der Waals surface area contributed by atoms with E-state index in [2.05, 4.69) is 0 Å². The van der Waals surface area contributed by atoms with Crippen LogP contribution in [-0.2, 0) is 0 Å². The lowest BCUT2D eigenvalue weighted by molar-refractivity contribution is 1.35. The summed E-state index contributed by atoms with van der Waals surface area (Å²) in [5, 5.41) is 0. The van der Waals surface area contributed by atoms with Crippen molar-refractivity contribution in [2.75, 3.05) is 0 Å². The Morgan fingerprint density at radius 1 is 1.00 bits per heavy atom.